The second kappa shape index (κ2) is 11.5. The zero-order chi connectivity index (χ0) is 24.6. The number of rotatable bonds is 10. The molecule has 0 aliphatic carbocycles. The molecule has 0 radical (unpaired) electrons. The lowest BCUT2D eigenvalue weighted by molar-refractivity contribution is -0.145. The maximum absolute atomic E-state index is 11.4. The molecule has 0 saturated carbocycles. The topological polar surface area (TPSA) is 71.5 Å². The van der Waals surface area contributed by atoms with Crippen molar-refractivity contribution in [1.82, 2.24) is 4.98 Å². The van der Waals surface area contributed by atoms with Crippen LogP contribution in [-0.4, -0.2) is 22.2 Å². The highest BCUT2D eigenvalue weighted by atomic mass is 35.5. The van der Waals surface area contributed by atoms with Crippen molar-refractivity contribution >= 4 is 52.0 Å². The molecule has 0 spiro atoms. The van der Waals surface area contributed by atoms with Gasteiger partial charge in [0.15, 0.2) is 6.10 Å². The van der Waals surface area contributed by atoms with Gasteiger partial charge in [-0.1, -0.05) is 55.3 Å². The Hall–Kier alpha value is -3.83. The normalized spacial score (nSPS) is 12.1. The molecule has 0 amide bonds. The molecule has 35 heavy (non-hydrogen) atoms. The number of carbonyl (C=O) groups is 1. The maximum Gasteiger partial charge on any atom is 0.344 e. The molecule has 178 valence electrons. The third-order valence-electron chi connectivity index (χ3n) is 5.53. The third-order valence-corrected chi connectivity index (χ3v) is 5.76. The Bertz CT molecular complexity index is 1340. The fraction of sp³-hybridized carbons (Fsp3) is 0.172. The van der Waals surface area contributed by atoms with Crippen LogP contribution >= 0.6 is 11.6 Å². The molecule has 4 rings (SSSR count). The molecule has 1 unspecified atom stereocenters. The zero-order valence-corrected chi connectivity index (χ0v) is 20.2. The third kappa shape index (κ3) is 6.84. The molecule has 4 aromatic rings. The van der Waals surface area contributed by atoms with Crippen LogP contribution in [0.4, 0.5) is 11.4 Å². The number of aliphatic carboxylic acids is 1. The number of aromatic nitrogens is 1. The summed E-state index contributed by atoms with van der Waals surface area (Å²) in [5.74, 6) is -0.395. The molecule has 0 bridgehead atoms. The Kier molecular flexibility index (Phi) is 8.01. The van der Waals surface area contributed by atoms with Crippen LogP contribution in [0.1, 0.15) is 37.4 Å². The van der Waals surface area contributed by atoms with Crippen molar-refractivity contribution in [2.24, 2.45) is 0 Å². The Balaban J connectivity index is 1.41. The molecule has 0 fully saturated rings. The fourth-order valence-electron chi connectivity index (χ4n) is 3.67. The van der Waals surface area contributed by atoms with Gasteiger partial charge in [0.2, 0.25) is 0 Å². The standard InChI is InChI=1S/C29H27ClN2O3/c1-2-3-7-28(29(33)34)35-26-16-14-23(15-17-26)31-25-6-4-5-20(18-25)8-12-24-13-10-21-9-11-22(30)19-27(21)32-24/h4-6,8-19,28,31H,2-3,7H2,1H3,(H,33,34)/b12-8+. The highest BCUT2D eigenvalue weighted by Gasteiger charge is 2.18. The molecule has 1 atom stereocenters. The Labute approximate surface area is 210 Å². The summed E-state index contributed by atoms with van der Waals surface area (Å²) < 4.78 is 5.66. The molecule has 5 nitrogen and oxygen atoms in total. The van der Waals surface area contributed by atoms with Crippen LogP contribution in [0, 0.1) is 0 Å². The van der Waals surface area contributed by atoms with Gasteiger partial charge in [-0.05, 0) is 79.1 Å². The van der Waals surface area contributed by atoms with E-state index in [4.69, 9.17) is 16.3 Å². The first-order valence-corrected chi connectivity index (χ1v) is 12.0. The number of pyridine rings is 1. The molecule has 6 heteroatoms. The summed E-state index contributed by atoms with van der Waals surface area (Å²) in [6.45, 7) is 2.03. The van der Waals surface area contributed by atoms with Crippen LogP contribution in [0.15, 0.2) is 78.9 Å². The maximum atomic E-state index is 11.4. The molecule has 0 aliphatic rings. The fourth-order valence-corrected chi connectivity index (χ4v) is 3.84. The van der Waals surface area contributed by atoms with E-state index in [2.05, 4.69) is 10.3 Å². The van der Waals surface area contributed by atoms with Crippen LogP contribution < -0.4 is 10.1 Å². The molecule has 0 aliphatic heterocycles. The smallest absolute Gasteiger partial charge is 0.344 e. The first-order chi connectivity index (χ1) is 17.0. The van der Waals surface area contributed by atoms with Gasteiger partial charge >= 0.3 is 5.97 Å². The first-order valence-electron chi connectivity index (χ1n) is 11.6. The number of carboxylic acids is 1. The lowest BCUT2D eigenvalue weighted by Gasteiger charge is -2.15. The summed E-state index contributed by atoms with van der Waals surface area (Å²) in [6.07, 6.45) is 5.40. The van der Waals surface area contributed by atoms with Crippen molar-refractivity contribution in [2.45, 2.75) is 32.3 Å². The number of nitrogens with zero attached hydrogens (tertiary/aromatic N) is 1. The van der Waals surface area contributed by atoms with Gasteiger partial charge in [-0.2, -0.15) is 0 Å². The number of fused-ring (bicyclic) bond motifs is 1. The minimum Gasteiger partial charge on any atom is -0.479 e. The Morgan fingerprint density at radius 1 is 1.03 bits per heavy atom. The minimum absolute atomic E-state index is 0.495. The summed E-state index contributed by atoms with van der Waals surface area (Å²) >= 11 is 6.09. The summed E-state index contributed by atoms with van der Waals surface area (Å²) in [5, 5.41) is 14.5. The number of halogens is 1. The van der Waals surface area contributed by atoms with Crippen LogP contribution in [0.5, 0.6) is 5.75 Å². The van der Waals surface area contributed by atoms with E-state index in [0.717, 1.165) is 46.4 Å². The molecule has 1 heterocycles. The predicted octanol–water partition coefficient (Wildman–Crippen LogP) is 7.82. The van der Waals surface area contributed by atoms with E-state index >= 15 is 0 Å². The highest BCUT2D eigenvalue weighted by molar-refractivity contribution is 6.31. The van der Waals surface area contributed by atoms with E-state index in [1.54, 1.807) is 12.1 Å². The first kappa shape index (κ1) is 24.3. The van der Waals surface area contributed by atoms with Gasteiger partial charge in [0.1, 0.15) is 5.75 Å². The number of unbranched alkanes of at least 4 members (excludes halogenated alkanes) is 1. The van der Waals surface area contributed by atoms with Crippen molar-refractivity contribution in [3.05, 3.63) is 95.1 Å². The van der Waals surface area contributed by atoms with Crippen molar-refractivity contribution in [3.63, 3.8) is 0 Å². The number of anilines is 2. The van der Waals surface area contributed by atoms with Gasteiger partial charge in [-0.25, -0.2) is 9.78 Å². The summed E-state index contributed by atoms with van der Waals surface area (Å²) in [7, 11) is 0. The van der Waals surface area contributed by atoms with Gasteiger partial charge in [0.05, 0.1) is 11.2 Å². The molecule has 3 aromatic carbocycles. The van der Waals surface area contributed by atoms with Crippen molar-refractivity contribution in [3.8, 4) is 5.75 Å². The van der Waals surface area contributed by atoms with Crippen molar-refractivity contribution in [2.75, 3.05) is 5.32 Å². The van der Waals surface area contributed by atoms with Crippen LogP contribution in [-0.2, 0) is 4.79 Å². The predicted molar refractivity (Wildman–Crippen MR) is 143 cm³/mol. The average Bonchev–Trinajstić information content (AvgIpc) is 2.86. The van der Waals surface area contributed by atoms with E-state index in [9.17, 15) is 9.90 Å². The Morgan fingerprint density at radius 3 is 2.60 bits per heavy atom. The summed E-state index contributed by atoms with van der Waals surface area (Å²) in [6, 6.07) is 25.1. The Morgan fingerprint density at radius 2 is 1.83 bits per heavy atom. The lowest BCUT2D eigenvalue weighted by Crippen LogP contribution is -2.26. The van der Waals surface area contributed by atoms with Crippen LogP contribution in [0.2, 0.25) is 5.02 Å². The number of nitrogens with one attached hydrogen (secondary N) is 1. The van der Waals surface area contributed by atoms with Gasteiger partial charge in [0.25, 0.3) is 0 Å². The number of hydrogen-bond donors (Lipinski definition) is 2. The van der Waals surface area contributed by atoms with E-state index in [0.29, 0.717) is 17.2 Å². The minimum atomic E-state index is -0.937. The molecule has 1 aromatic heterocycles. The van der Waals surface area contributed by atoms with Crippen molar-refractivity contribution in [1.29, 1.82) is 0 Å². The lowest BCUT2D eigenvalue weighted by atomic mass is 10.1. The molecule has 2 N–H and O–H groups in total. The van der Waals surface area contributed by atoms with Crippen LogP contribution in [0.25, 0.3) is 23.1 Å². The second-order valence-corrected chi connectivity index (χ2v) is 8.70. The van der Waals surface area contributed by atoms with Gasteiger partial charge < -0.3 is 15.2 Å². The molecule has 0 saturated heterocycles. The molecular formula is C29H27ClN2O3. The number of ether oxygens (including phenoxy) is 1. The summed E-state index contributed by atoms with van der Waals surface area (Å²) in [4.78, 5) is 16.1. The van der Waals surface area contributed by atoms with Gasteiger partial charge in [-0.3, -0.25) is 0 Å². The molecular weight excluding hydrogens is 460 g/mol. The van der Waals surface area contributed by atoms with Gasteiger partial charge in [0, 0.05) is 21.8 Å². The second-order valence-electron chi connectivity index (χ2n) is 8.27. The van der Waals surface area contributed by atoms with Crippen LogP contribution in [0.3, 0.4) is 0 Å². The number of hydrogen-bond acceptors (Lipinski definition) is 4. The zero-order valence-electron chi connectivity index (χ0n) is 19.4. The number of benzene rings is 3. The summed E-state index contributed by atoms with van der Waals surface area (Å²) in [5.41, 5.74) is 4.57. The SMILES string of the molecule is CCCCC(Oc1ccc(Nc2cccc(/C=C/c3ccc4ccc(Cl)cc4n3)c2)cc1)C(=O)O. The highest BCUT2D eigenvalue weighted by Crippen LogP contribution is 2.23. The van der Waals surface area contributed by atoms with E-state index in [-0.39, 0.29) is 0 Å². The quantitative estimate of drug-likeness (QED) is 0.239. The van der Waals surface area contributed by atoms with E-state index < -0.39 is 12.1 Å². The monoisotopic (exact) mass is 486 g/mol. The average molecular weight is 487 g/mol. The van der Waals surface area contributed by atoms with E-state index in [1.807, 2.05) is 85.8 Å². The number of carboxylic acid groups (broad SMARTS) is 1. The van der Waals surface area contributed by atoms with Gasteiger partial charge in [-0.15, -0.1) is 0 Å². The van der Waals surface area contributed by atoms with E-state index in [1.165, 1.54) is 0 Å². The largest absolute Gasteiger partial charge is 0.479 e. The van der Waals surface area contributed by atoms with Crippen molar-refractivity contribution < 1.29 is 14.6 Å².